The number of rotatable bonds is 10. The second kappa shape index (κ2) is 10.7. The summed E-state index contributed by atoms with van der Waals surface area (Å²) in [4.78, 5) is 4.36. The Morgan fingerprint density at radius 3 is 2.36 bits per heavy atom. The molecule has 0 N–H and O–H groups in total. The zero-order valence-electron chi connectivity index (χ0n) is 17.1. The van der Waals surface area contributed by atoms with Crippen molar-refractivity contribution in [1.29, 1.82) is 0 Å². The van der Waals surface area contributed by atoms with Crippen molar-refractivity contribution in [1.82, 2.24) is 4.98 Å². The van der Waals surface area contributed by atoms with Gasteiger partial charge in [-0.15, -0.1) is 0 Å². The van der Waals surface area contributed by atoms with Crippen molar-refractivity contribution in [3.05, 3.63) is 95.8 Å². The monoisotopic (exact) mass is 373 g/mol. The highest BCUT2D eigenvalue weighted by molar-refractivity contribution is 5.34. The second-order valence-corrected chi connectivity index (χ2v) is 7.67. The lowest BCUT2D eigenvalue weighted by Gasteiger charge is -2.19. The fraction of sp³-hybridized carbons (Fsp3) is 0.346. The lowest BCUT2D eigenvalue weighted by atomic mass is 9.88. The molecule has 0 saturated heterocycles. The first-order chi connectivity index (χ1) is 13.7. The summed E-state index contributed by atoms with van der Waals surface area (Å²) in [5, 5.41) is 0. The zero-order chi connectivity index (χ0) is 19.6. The molecule has 1 unspecified atom stereocenters. The van der Waals surface area contributed by atoms with Crippen LogP contribution in [-0.2, 0) is 12.8 Å². The second-order valence-electron chi connectivity index (χ2n) is 7.67. The lowest BCUT2D eigenvalue weighted by molar-refractivity contribution is 0.239. The van der Waals surface area contributed by atoms with E-state index in [9.17, 15) is 0 Å². The molecule has 0 fully saturated rings. The van der Waals surface area contributed by atoms with Crippen LogP contribution in [0.15, 0.2) is 79.1 Å². The number of ether oxygens (including phenoxy) is 1. The molecule has 0 aliphatic rings. The molecule has 0 aliphatic heterocycles. The molecule has 2 aromatic carbocycles. The number of hydrogen-bond donors (Lipinski definition) is 0. The Morgan fingerprint density at radius 2 is 1.61 bits per heavy atom. The molecule has 1 atom stereocenters. The first-order valence-electron chi connectivity index (χ1n) is 10.4. The molecule has 2 heteroatoms. The van der Waals surface area contributed by atoms with Gasteiger partial charge in [-0.2, -0.15) is 0 Å². The van der Waals surface area contributed by atoms with Crippen LogP contribution in [0.4, 0.5) is 0 Å². The van der Waals surface area contributed by atoms with E-state index in [0.29, 0.717) is 5.92 Å². The summed E-state index contributed by atoms with van der Waals surface area (Å²) in [7, 11) is 0. The van der Waals surface area contributed by atoms with Crippen LogP contribution in [0.2, 0.25) is 0 Å². The maximum Gasteiger partial charge on any atom is 0.122 e. The quantitative estimate of drug-likeness (QED) is 0.399. The molecule has 28 heavy (non-hydrogen) atoms. The van der Waals surface area contributed by atoms with Gasteiger partial charge >= 0.3 is 0 Å². The number of para-hydroxylation sites is 1. The molecule has 146 valence electrons. The van der Waals surface area contributed by atoms with Crippen molar-refractivity contribution in [2.45, 2.75) is 58.0 Å². The van der Waals surface area contributed by atoms with Gasteiger partial charge in [0.1, 0.15) is 5.75 Å². The molecule has 0 saturated carbocycles. The first-order valence-corrected chi connectivity index (χ1v) is 10.4. The number of hydrogen-bond acceptors (Lipinski definition) is 2. The molecule has 0 aliphatic carbocycles. The van der Waals surface area contributed by atoms with E-state index in [0.717, 1.165) is 25.0 Å². The molecule has 2 nitrogen and oxygen atoms in total. The highest BCUT2D eigenvalue weighted by atomic mass is 16.5. The highest BCUT2D eigenvalue weighted by Crippen LogP contribution is 2.29. The summed E-state index contributed by atoms with van der Waals surface area (Å²) in [5.74, 6) is 1.54. The number of nitrogens with zero attached hydrogens (tertiary/aromatic N) is 1. The van der Waals surface area contributed by atoms with Crippen molar-refractivity contribution in [3.8, 4) is 5.75 Å². The summed E-state index contributed by atoms with van der Waals surface area (Å²) in [6, 6.07) is 23.5. The van der Waals surface area contributed by atoms with Crippen molar-refractivity contribution in [2.24, 2.45) is 0 Å². The van der Waals surface area contributed by atoms with Crippen molar-refractivity contribution < 1.29 is 4.74 Å². The molecule has 0 spiro atoms. The largest absolute Gasteiger partial charge is 0.491 e. The van der Waals surface area contributed by atoms with Gasteiger partial charge in [0.2, 0.25) is 0 Å². The fourth-order valence-corrected chi connectivity index (χ4v) is 3.70. The van der Waals surface area contributed by atoms with Gasteiger partial charge in [0.25, 0.3) is 0 Å². The van der Waals surface area contributed by atoms with Crippen molar-refractivity contribution in [3.63, 3.8) is 0 Å². The maximum atomic E-state index is 6.01. The van der Waals surface area contributed by atoms with Gasteiger partial charge in [-0.3, -0.25) is 4.98 Å². The predicted molar refractivity (Wildman–Crippen MR) is 117 cm³/mol. The summed E-state index contributed by atoms with van der Waals surface area (Å²) in [5.41, 5.74) is 4.06. The number of pyridine rings is 1. The standard InChI is InChI=1S/C26H31NO/c1-21(2)28-26-16-7-6-13-24(26)18-17-23(25-15-9-19-27-20-25)14-8-12-22-10-4-3-5-11-22/h3-7,9-11,13,15-16,19-21,23H,8,12,14,17-18H2,1-2H3. The van der Waals surface area contributed by atoms with Gasteiger partial charge < -0.3 is 4.74 Å². The van der Waals surface area contributed by atoms with Crippen LogP contribution in [0, 0.1) is 0 Å². The fourth-order valence-electron chi connectivity index (χ4n) is 3.70. The molecule has 1 aromatic heterocycles. The first kappa shape index (κ1) is 20.1. The van der Waals surface area contributed by atoms with E-state index in [1.807, 2.05) is 12.4 Å². The third kappa shape index (κ3) is 6.23. The van der Waals surface area contributed by atoms with Crippen LogP contribution < -0.4 is 4.74 Å². The molecule has 0 bridgehead atoms. The Bertz CT molecular complexity index is 814. The van der Waals surface area contributed by atoms with E-state index in [2.05, 4.69) is 85.6 Å². The van der Waals surface area contributed by atoms with Gasteiger partial charge in [0.15, 0.2) is 0 Å². The van der Waals surface area contributed by atoms with Crippen LogP contribution in [0.5, 0.6) is 5.75 Å². The SMILES string of the molecule is CC(C)Oc1ccccc1CCC(CCCc1ccccc1)c1cccnc1. The van der Waals surface area contributed by atoms with E-state index in [1.54, 1.807) is 0 Å². The minimum Gasteiger partial charge on any atom is -0.491 e. The molecule has 0 radical (unpaired) electrons. The Morgan fingerprint density at radius 1 is 0.821 bits per heavy atom. The van der Waals surface area contributed by atoms with Crippen LogP contribution in [-0.4, -0.2) is 11.1 Å². The Labute approximate surface area is 169 Å². The minimum atomic E-state index is 0.196. The van der Waals surface area contributed by atoms with Gasteiger partial charge in [-0.1, -0.05) is 54.6 Å². The van der Waals surface area contributed by atoms with Crippen molar-refractivity contribution in [2.75, 3.05) is 0 Å². The van der Waals surface area contributed by atoms with Crippen LogP contribution in [0.25, 0.3) is 0 Å². The average Bonchev–Trinajstić information content (AvgIpc) is 2.72. The number of benzene rings is 2. The highest BCUT2D eigenvalue weighted by Gasteiger charge is 2.14. The summed E-state index contributed by atoms with van der Waals surface area (Å²) >= 11 is 0. The Hall–Kier alpha value is -2.61. The molecule has 3 aromatic rings. The third-order valence-electron chi connectivity index (χ3n) is 5.11. The van der Waals surface area contributed by atoms with E-state index in [-0.39, 0.29) is 6.10 Å². The Balaban J connectivity index is 1.65. The lowest BCUT2D eigenvalue weighted by Crippen LogP contribution is -2.08. The average molecular weight is 374 g/mol. The summed E-state index contributed by atoms with van der Waals surface area (Å²) in [6.07, 6.45) is 9.71. The summed E-state index contributed by atoms with van der Waals surface area (Å²) < 4.78 is 6.01. The topological polar surface area (TPSA) is 22.1 Å². The molecule has 1 heterocycles. The molecule has 3 rings (SSSR count). The number of aromatic nitrogens is 1. The van der Waals surface area contributed by atoms with E-state index >= 15 is 0 Å². The van der Waals surface area contributed by atoms with E-state index in [4.69, 9.17) is 4.74 Å². The van der Waals surface area contributed by atoms with Gasteiger partial charge in [0.05, 0.1) is 6.10 Å². The van der Waals surface area contributed by atoms with Crippen LogP contribution >= 0.6 is 0 Å². The minimum absolute atomic E-state index is 0.196. The normalized spacial score (nSPS) is 12.1. The Kier molecular flexibility index (Phi) is 7.66. The summed E-state index contributed by atoms with van der Waals surface area (Å²) in [6.45, 7) is 4.16. The van der Waals surface area contributed by atoms with Crippen LogP contribution in [0.1, 0.15) is 55.7 Å². The molecular weight excluding hydrogens is 342 g/mol. The smallest absolute Gasteiger partial charge is 0.122 e. The zero-order valence-corrected chi connectivity index (χ0v) is 17.1. The third-order valence-corrected chi connectivity index (χ3v) is 5.11. The van der Waals surface area contributed by atoms with Gasteiger partial charge in [-0.25, -0.2) is 0 Å². The van der Waals surface area contributed by atoms with Crippen molar-refractivity contribution >= 4 is 0 Å². The number of aryl methyl sites for hydroxylation is 2. The van der Waals surface area contributed by atoms with E-state index in [1.165, 1.54) is 29.5 Å². The maximum absolute atomic E-state index is 6.01. The van der Waals surface area contributed by atoms with Gasteiger partial charge in [0, 0.05) is 12.4 Å². The predicted octanol–water partition coefficient (Wildman–Crippen LogP) is 6.61. The molecule has 0 amide bonds. The van der Waals surface area contributed by atoms with Crippen LogP contribution in [0.3, 0.4) is 0 Å². The molecular formula is C26H31NO. The van der Waals surface area contributed by atoms with E-state index < -0.39 is 0 Å². The van der Waals surface area contributed by atoms with Gasteiger partial charge in [-0.05, 0) is 80.7 Å².